The average Bonchev–Trinajstić information content (AvgIpc) is 3.09. The van der Waals surface area contributed by atoms with Crippen molar-refractivity contribution in [3.8, 4) is 17.2 Å². The monoisotopic (exact) mass is 357 g/mol. The molecule has 1 aliphatic carbocycles. The van der Waals surface area contributed by atoms with E-state index < -0.39 is 17.8 Å². The molecule has 3 unspecified atom stereocenters. The van der Waals surface area contributed by atoms with E-state index in [9.17, 15) is 10.2 Å². The van der Waals surface area contributed by atoms with Crippen LogP contribution in [0.4, 0.5) is 0 Å². The van der Waals surface area contributed by atoms with E-state index in [0.717, 1.165) is 5.56 Å². The van der Waals surface area contributed by atoms with Gasteiger partial charge in [-0.25, -0.2) is 0 Å². The van der Waals surface area contributed by atoms with Crippen LogP contribution in [0, 0.1) is 0 Å². The highest BCUT2D eigenvalue weighted by atomic mass is 16.5. The molecule has 1 saturated carbocycles. The fourth-order valence-corrected chi connectivity index (χ4v) is 4.42. The fraction of sp³-hybridized carbons (Fsp3) is 0.400. The van der Waals surface area contributed by atoms with E-state index in [2.05, 4.69) is 5.32 Å². The molecule has 26 heavy (non-hydrogen) atoms. The molecule has 2 aromatic rings. The number of likely N-dealkylation sites (N-methyl/N-ethyl adjacent to an activating group) is 1. The molecule has 2 aliphatic rings. The Morgan fingerprint density at radius 1 is 1.12 bits per heavy atom. The zero-order valence-corrected chi connectivity index (χ0v) is 15.0. The van der Waals surface area contributed by atoms with Crippen molar-refractivity contribution < 1.29 is 24.4 Å². The van der Waals surface area contributed by atoms with Gasteiger partial charge in [0.1, 0.15) is 29.5 Å². The SMILES string of the molecule is CNC1C(O)[C@@]2(O)c3c(OC)cc(OC)cc3OC2[C@@H]1c1ccccc1. The summed E-state index contributed by atoms with van der Waals surface area (Å²) in [6, 6.07) is 12.8. The summed E-state index contributed by atoms with van der Waals surface area (Å²) < 4.78 is 17.0. The topological polar surface area (TPSA) is 80.2 Å². The summed E-state index contributed by atoms with van der Waals surface area (Å²) in [6.45, 7) is 0. The van der Waals surface area contributed by atoms with Crippen LogP contribution in [0.3, 0.4) is 0 Å². The molecule has 0 amide bonds. The van der Waals surface area contributed by atoms with Gasteiger partial charge in [0.2, 0.25) is 0 Å². The summed E-state index contributed by atoms with van der Waals surface area (Å²) in [5, 5.41) is 25.8. The molecule has 0 radical (unpaired) electrons. The zero-order valence-electron chi connectivity index (χ0n) is 15.0. The first-order valence-electron chi connectivity index (χ1n) is 8.62. The quantitative estimate of drug-likeness (QED) is 0.768. The third-order valence-corrected chi connectivity index (χ3v) is 5.61. The van der Waals surface area contributed by atoms with Crippen molar-refractivity contribution in [1.29, 1.82) is 0 Å². The van der Waals surface area contributed by atoms with E-state index in [1.54, 1.807) is 26.3 Å². The summed E-state index contributed by atoms with van der Waals surface area (Å²) in [5.74, 6) is 1.25. The van der Waals surface area contributed by atoms with Crippen molar-refractivity contribution >= 4 is 0 Å². The van der Waals surface area contributed by atoms with Gasteiger partial charge in [0.25, 0.3) is 0 Å². The first-order valence-corrected chi connectivity index (χ1v) is 8.62. The molecule has 1 heterocycles. The third-order valence-electron chi connectivity index (χ3n) is 5.61. The van der Waals surface area contributed by atoms with E-state index in [4.69, 9.17) is 14.2 Å². The summed E-state index contributed by atoms with van der Waals surface area (Å²) in [7, 11) is 4.86. The lowest BCUT2D eigenvalue weighted by molar-refractivity contribution is -0.0955. The number of aliphatic hydroxyl groups excluding tert-OH is 1. The van der Waals surface area contributed by atoms with Crippen LogP contribution in [0.1, 0.15) is 17.0 Å². The van der Waals surface area contributed by atoms with Gasteiger partial charge in [-0.3, -0.25) is 0 Å². The maximum atomic E-state index is 11.6. The first kappa shape index (κ1) is 17.1. The Bertz CT molecular complexity index is 811. The Morgan fingerprint density at radius 3 is 2.46 bits per heavy atom. The van der Waals surface area contributed by atoms with Crippen LogP contribution >= 0.6 is 0 Å². The molecular formula is C20H23NO5. The summed E-state index contributed by atoms with van der Waals surface area (Å²) in [4.78, 5) is 0. The van der Waals surface area contributed by atoms with E-state index in [1.165, 1.54) is 7.11 Å². The molecule has 0 aromatic heterocycles. The van der Waals surface area contributed by atoms with Gasteiger partial charge in [-0.2, -0.15) is 0 Å². The predicted molar refractivity (Wildman–Crippen MR) is 95.9 cm³/mol. The second kappa shape index (κ2) is 6.16. The van der Waals surface area contributed by atoms with Gasteiger partial charge < -0.3 is 29.7 Å². The van der Waals surface area contributed by atoms with Gasteiger partial charge in [0.15, 0.2) is 5.60 Å². The van der Waals surface area contributed by atoms with E-state index >= 15 is 0 Å². The molecule has 0 bridgehead atoms. The van der Waals surface area contributed by atoms with Crippen LogP contribution in [0.5, 0.6) is 17.2 Å². The Kier molecular flexibility index (Phi) is 4.06. The van der Waals surface area contributed by atoms with Gasteiger partial charge in [-0.1, -0.05) is 30.3 Å². The number of rotatable bonds is 4. The maximum absolute atomic E-state index is 11.6. The maximum Gasteiger partial charge on any atom is 0.161 e. The third kappa shape index (κ3) is 2.16. The van der Waals surface area contributed by atoms with Gasteiger partial charge in [-0.05, 0) is 12.6 Å². The summed E-state index contributed by atoms with van der Waals surface area (Å²) >= 11 is 0. The lowest BCUT2D eigenvalue weighted by atomic mass is 9.87. The van der Waals surface area contributed by atoms with Crippen molar-refractivity contribution in [2.75, 3.05) is 21.3 Å². The normalized spacial score (nSPS) is 31.9. The van der Waals surface area contributed by atoms with Crippen LogP contribution in [-0.2, 0) is 5.60 Å². The predicted octanol–water partition coefficient (Wildman–Crippen LogP) is 1.40. The minimum Gasteiger partial charge on any atom is -0.496 e. The molecule has 0 saturated heterocycles. The summed E-state index contributed by atoms with van der Waals surface area (Å²) in [6.07, 6.45) is -1.71. The van der Waals surface area contributed by atoms with Crippen molar-refractivity contribution in [2.24, 2.45) is 0 Å². The van der Waals surface area contributed by atoms with Crippen LogP contribution in [-0.4, -0.2) is 49.7 Å². The van der Waals surface area contributed by atoms with Crippen molar-refractivity contribution in [1.82, 2.24) is 5.32 Å². The van der Waals surface area contributed by atoms with Crippen molar-refractivity contribution in [2.45, 2.75) is 29.8 Å². The molecule has 3 N–H and O–H groups in total. The Balaban J connectivity index is 1.89. The van der Waals surface area contributed by atoms with Crippen LogP contribution < -0.4 is 19.5 Å². The highest BCUT2D eigenvalue weighted by Gasteiger charge is 2.66. The van der Waals surface area contributed by atoms with Gasteiger partial charge in [0.05, 0.1) is 19.8 Å². The zero-order chi connectivity index (χ0) is 18.5. The van der Waals surface area contributed by atoms with Crippen LogP contribution in [0.15, 0.2) is 42.5 Å². The number of hydrogen-bond donors (Lipinski definition) is 3. The number of methoxy groups -OCH3 is 2. The van der Waals surface area contributed by atoms with Crippen LogP contribution in [0.2, 0.25) is 0 Å². The fourth-order valence-electron chi connectivity index (χ4n) is 4.42. The molecule has 6 heteroatoms. The molecule has 4 rings (SSSR count). The second-order valence-electron chi connectivity index (χ2n) is 6.76. The molecule has 0 spiro atoms. The molecule has 5 atom stereocenters. The van der Waals surface area contributed by atoms with E-state index in [0.29, 0.717) is 22.8 Å². The number of ether oxygens (including phenoxy) is 3. The van der Waals surface area contributed by atoms with Crippen molar-refractivity contribution in [3.05, 3.63) is 53.6 Å². The Morgan fingerprint density at radius 2 is 1.85 bits per heavy atom. The van der Waals surface area contributed by atoms with Gasteiger partial charge in [-0.15, -0.1) is 0 Å². The lowest BCUT2D eigenvalue weighted by Gasteiger charge is -2.28. The molecule has 6 nitrogen and oxygen atoms in total. The van der Waals surface area contributed by atoms with E-state index in [1.807, 2.05) is 30.3 Å². The molecule has 2 aromatic carbocycles. The molecule has 1 fully saturated rings. The van der Waals surface area contributed by atoms with E-state index in [-0.39, 0.29) is 12.0 Å². The Labute approximate surface area is 152 Å². The number of hydrogen-bond acceptors (Lipinski definition) is 6. The van der Waals surface area contributed by atoms with Gasteiger partial charge in [0, 0.05) is 24.1 Å². The Hall–Kier alpha value is -2.28. The highest BCUT2D eigenvalue weighted by molar-refractivity contribution is 5.59. The number of nitrogens with one attached hydrogen (secondary N) is 1. The number of fused-ring (bicyclic) bond motifs is 3. The lowest BCUT2D eigenvalue weighted by Crippen LogP contribution is -2.46. The second-order valence-corrected chi connectivity index (χ2v) is 6.76. The first-order chi connectivity index (χ1) is 12.6. The summed E-state index contributed by atoms with van der Waals surface area (Å²) in [5.41, 5.74) is -0.122. The largest absolute Gasteiger partial charge is 0.496 e. The van der Waals surface area contributed by atoms with Gasteiger partial charge >= 0.3 is 0 Å². The molecular weight excluding hydrogens is 334 g/mol. The number of aliphatic hydroxyl groups is 2. The average molecular weight is 357 g/mol. The van der Waals surface area contributed by atoms with Crippen LogP contribution in [0.25, 0.3) is 0 Å². The highest BCUT2D eigenvalue weighted by Crippen LogP contribution is 2.58. The number of benzene rings is 2. The van der Waals surface area contributed by atoms with Crippen molar-refractivity contribution in [3.63, 3.8) is 0 Å². The standard InChI is InChI=1S/C20H23NO5/c1-21-17-15(11-7-5-4-6-8-11)19-20(23,18(17)22)16-13(25-3)9-12(24-2)10-14(16)26-19/h4-10,15,17-19,21-23H,1-3H3/t15-,17?,18?,19?,20+/m1/s1. The molecule has 1 aliphatic heterocycles. The minimum absolute atomic E-state index is 0.232. The molecule has 138 valence electrons. The smallest absolute Gasteiger partial charge is 0.161 e. The minimum atomic E-state index is -1.58.